The summed E-state index contributed by atoms with van der Waals surface area (Å²) in [7, 11) is 0. The maximum atomic E-state index is 0. The average molecular weight is 388 g/mol. The molecule has 0 aliphatic rings. The summed E-state index contributed by atoms with van der Waals surface area (Å²) in [6.45, 7) is 0. The van der Waals surface area contributed by atoms with E-state index >= 15 is 0 Å². The Morgan fingerprint density at radius 2 is 0.500 bits per heavy atom. The van der Waals surface area contributed by atoms with Crippen molar-refractivity contribution in [2.45, 2.75) is 0 Å². The largest absolute Gasteiger partial charge is 0.412 e. The van der Waals surface area contributed by atoms with Crippen molar-refractivity contribution in [1.29, 1.82) is 0 Å². The van der Waals surface area contributed by atoms with E-state index in [1.807, 2.05) is 0 Å². The molecule has 4 nitrogen and oxygen atoms in total. The third-order valence-corrected chi connectivity index (χ3v) is 0. The van der Waals surface area contributed by atoms with Gasteiger partial charge in [-0.05, 0) is 0 Å². The van der Waals surface area contributed by atoms with Crippen LogP contribution in [-0.4, -0.2) is 45.8 Å². The predicted octanol–water partition coefficient (Wildman–Crippen LogP) is -3.68. The Balaban J connectivity index is 0. The van der Waals surface area contributed by atoms with Crippen LogP contribution in [0.5, 0.6) is 0 Å². The van der Waals surface area contributed by atoms with Crippen molar-refractivity contribution in [1.82, 2.24) is 0 Å². The van der Waals surface area contributed by atoms with Crippen LogP contribution < -0.4 is 0 Å². The minimum atomic E-state index is 0. The van der Waals surface area contributed by atoms with Crippen LogP contribution in [0.2, 0.25) is 0 Å². The van der Waals surface area contributed by atoms with E-state index in [4.69, 9.17) is 0 Å². The molecule has 0 saturated carbocycles. The monoisotopic (exact) mass is 389 g/mol. The van der Waals surface area contributed by atoms with Crippen LogP contribution in [0.15, 0.2) is 0 Å². The summed E-state index contributed by atoms with van der Waals surface area (Å²) >= 11 is 0. The van der Waals surface area contributed by atoms with Crippen molar-refractivity contribution >= 4 is 23.9 Å². The Morgan fingerprint density at radius 3 is 0.500 bits per heavy atom. The summed E-state index contributed by atoms with van der Waals surface area (Å²) in [5.41, 5.74) is 0. The van der Waals surface area contributed by atoms with Gasteiger partial charge in [-0.25, -0.2) is 0 Å². The Bertz CT molecular complexity index is 7.51. The molecule has 0 unspecified atom stereocenters. The fourth-order valence-corrected chi connectivity index (χ4v) is 0. The molecule has 6 heteroatoms. The molecule has 0 aromatic heterocycles. The fourth-order valence-electron chi connectivity index (χ4n) is 0. The zero-order valence-corrected chi connectivity index (χ0v) is 7.82. The van der Waals surface area contributed by atoms with Gasteiger partial charge in [-0.2, -0.15) is 0 Å². The van der Waals surface area contributed by atoms with Crippen molar-refractivity contribution < 1.29 is 44.3 Å². The minimum Gasteiger partial charge on any atom is -0.412 e. The first-order valence-corrected chi connectivity index (χ1v) is 0. The predicted molar refractivity (Wildman–Crippen MR) is 20.2 cm³/mol. The van der Waals surface area contributed by atoms with Crippen LogP contribution in [0.3, 0.4) is 0 Å². The Labute approximate surface area is 68.0 Å². The molecular formula is H8AuO4Sn. The molecule has 0 bridgehead atoms. The van der Waals surface area contributed by atoms with Crippen LogP contribution in [0.4, 0.5) is 0 Å². The standard InChI is InChI=1S/Au.4H2O.Sn/h;4*1H2;. The molecule has 47 valence electrons. The van der Waals surface area contributed by atoms with Gasteiger partial charge in [-0.1, -0.05) is 0 Å². The quantitative estimate of drug-likeness (QED) is 0.380. The molecule has 0 fully saturated rings. The molecule has 8 N–H and O–H groups in total. The van der Waals surface area contributed by atoms with Gasteiger partial charge in [0.15, 0.2) is 0 Å². The third kappa shape index (κ3) is 54.2. The summed E-state index contributed by atoms with van der Waals surface area (Å²) in [4.78, 5) is 0. The summed E-state index contributed by atoms with van der Waals surface area (Å²) in [6, 6.07) is 0. The fraction of sp³-hybridized carbons (Fsp3) is 0. The van der Waals surface area contributed by atoms with Crippen LogP contribution in [0.1, 0.15) is 0 Å². The van der Waals surface area contributed by atoms with Gasteiger partial charge in [0.1, 0.15) is 0 Å². The Kier molecular flexibility index (Phi) is 2550. The van der Waals surface area contributed by atoms with E-state index < -0.39 is 0 Å². The molecule has 0 aromatic carbocycles. The smallest absolute Gasteiger partial charge is 0 e. The molecule has 0 aliphatic heterocycles. The molecular weight excluding hydrogens is 380 g/mol. The van der Waals surface area contributed by atoms with Crippen LogP contribution in [-0.2, 0) is 22.4 Å². The van der Waals surface area contributed by atoms with Crippen LogP contribution in [0, 0.1) is 0 Å². The molecule has 0 aliphatic carbocycles. The molecule has 0 spiro atoms. The van der Waals surface area contributed by atoms with E-state index in [1.165, 1.54) is 0 Å². The van der Waals surface area contributed by atoms with E-state index in [0.717, 1.165) is 0 Å². The van der Waals surface area contributed by atoms with Gasteiger partial charge in [-0.15, -0.1) is 0 Å². The number of rotatable bonds is 0. The Morgan fingerprint density at radius 1 is 0.500 bits per heavy atom. The van der Waals surface area contributed by atoms with Crippen LogP contribution >= 0.6 is 0 Å². The van der Waals surface area contributed by atoms with Crippen molar-refractivity contribution in [3.8, 4) is 0 Å². The summed E-state index contributed by atoms with van der Waals surface area (Å²) in [6.07, 6.45) is 0. The topological polar surface area (TPSA) is 126 Å². The maximum absolute atomic E-state index is 0. The second-order valence-corrected chi connectivity index (χ2v) is 0. The molecule has 0 atom stereocenters. The maximum Gasteiger partial charge on any atom is 0 e. The second kappa shape index (κ2) is 97.1. The summed E-state index contributed by atoms with van der Waals surface area (Å²) < 4.78 is 0. The molecule has 0 saturated heterocycles. The summed E-state index contributed by atoms with van der Waals surface area (Å²) in [5, 5.41) is 0. The molecule has 0 heterocycles. The van der Waals surface area contributed by atoms with Gasteiger partial charge >= 0.3 is 0 Å². The molecule has 0 amide bonds. The number of hydrogen-bond donors (Lipinski definition) is 0. The second-order valence-electron chi connectivity index (χ2n) is 0. The van der Waals surface area contributed by atoms with Gasteiger partial charge < -0.3 is 21.9 Å². The zero-order chi connectivity index (χ0) is 0. The molecule has 6 heavy (non-hydrogen) atoms. The van der Waals surface area contributed by atoms with Gasteiger partial charge in [0.25, 0.3) is 0 Å². The van der Waals surface area contributed by atoms with Gasteiger partial charge in [0.2, 0.25) is 0 Å². The van der Waals surface area contributed by atoms with Crippen LogP contribution in [0.25, 0.3) is 0 Å². The van der Waals surface area contributed by atoms with Crippen molar-refractivity contribution in [2.24, 2.45) is 0 Å². The van der Waals surface area contributed by atoms with E-state index in [2.05, 4.69) is 0 Å². The van der Waals surface area contributed by atoms with E-state index in [1.54, 1.807) is 0 Å². The van der Waals surface area contributed by atoms with E-state index in [-0.39, 0.29) is 68.2 Å². The van der Waals surface area contributed by atoms with Crippen molar-refractivity contribution in [3.63, 3.8) is 0 Å². The molecule has 0 aromatic rings. The third-order valence-electron chi connectivity index (χ3n) is 0. The van der Waals surface area contributed by atoms with E-state index in [0.29, 0.717) is 0 Å². The SMILES string of the molecule is O.O.O.O.[Au].[Sn]. The van der Waals surface area contributed by atoms with Gasteiger partial charge in [0.05, 0.1) is 0 Å². The first-order valence-electron chi connectivity index (χ1n) is 0. The zero-order valence-electron chi connectivity index (χ0n) is 2.80. The first-order chi connectivity index (χ1) is 0. The first kappa shape index (κ1) is 158. The van der Waals surface area contributed by atoms with Crippen molar-refractivity contribution in [2.75, 3.05) is 0 Å². The Hall–Kier alpha value is 1.38. The van der Waals surface area contributed by atoms with E-state index in [9.17, 15) is 0 Å². The summed E-state index contributed by atoms with van der Waals surface area (Å²) in [5.74, 6) is 0. The van der Waals surface area contributed by atoms with Gasteiger partial charge in [-0.3, -0.25) is 0 Å². The normalized spacial score (nSPS) is 0. The molecule has 5 radical (unpaired) electrons. The van der Waals surface area contributed by atoms with Crippen molar-refractivity contribution in [3.05, 3.63) is 0 Å². The molecule has 0 rings (SSSR count). The minimum absolute atomic E-state index is 0. The van der Waals surface area contributed by atoms with Gasteiger partial charge in [0, 0.05) is 46.3 Å². The number of hydrogen-bond acceptors (Lipinski definition) is 0. The average Bonchev–Trinajstić information content (AvgIpc) is 0.